The van der Waals surface area contributed by atoms with Gasteiger partial charge in [0.05, 0.1) is 26.6 Å². The number of amides is 1. The zero-order valence-electron chi connectivity index (χ0n) is 13.6. The van der Waals surface area contributed by atoms with Crippen molar-refractivity contribution in [3.05, 3.63) is 30.0 Å². The largest absolute Gasteiger partial charge is 0.469 e. The van der Waals surface area contributed by atoms with Gasteiger partial charge in [0, 0.05) is 16.6 Å². The van der Waals surface area contributed by atoms with Gasteiger partial charge in [0.25, 0.3) is 0 Å². The topological polar surface area (TPSA) is 87.1 Å². The molecule has 2 aromatic rings. The van der Waals surface area contributed by atoms with Crippen molar-refractivity contribution in [2.75, 3.05) is 25.2 Å². The Morgan fingerprint density at radius 2 is 2.16 bits per heavy atom. The maximum atomic E-state index is 12.1. The molecule has 2 aliphatic rings. The van der Waals surface area contributed by atoms with Gasteiger partial charge in [-0.1, -0.05) is 0 Å². The highest BCUT2D eigenvalue weighted by atomic mass is 16.6. The Balaban J connectivity index is 1.63. The van der Waals surface area contributed by atoms with E-state index in [1.165, 1.54) is 12.0 Å². The molecular weight excluding hydrogens is 328 g/mol. The molecule has 1 aromatic heterocycles. The molecule has 0 unspecified atom stereocenters. The third-order valence-electron chi connectivity index (χ3n) is 4.45. The number of anilines is 1. The molecule has 1 amide bonds. The minimum absolute atomic E-state index is 0.0212. The molecule has 8 heteroatoms. The normalized spacial score (nSPS) is 19.6. The van der Waals surface area contributed by atoms with Crippen LogP contribution in [0.1, 0.15) is 16.9 Å². The summed E-state index contributed by atoms with van der Waals surface area (Å²) >= 11 is 0. The third kappa shape index (κ3) is 2.59. The Kier molecular flexibility index (Phi) is 3.60. The van der Waals surface area contributed by atoms with Crippen molar-refractivity contribution in [3.8, 4) is 0 Å². The van der Waals surface area contributed by atoms with E-state index in [-0.39, 0.29) is 18.9 Å². The van der Waals surface area contributed by atoms with E-state index in [9.17, 15) is 14.4 Å². The first-order valence-corrected chi connectivity index (χ1v) is 7.92. The molecule has 1 aromatic carbocycles. The quantitative estimate of drug-likeness (QED) is 0.622. The number of fused-ring (bicyclic) bond motifs is 3. The van der Waals surface area contributed by atoms with Crippen molar-refractivity contribution in [3.63, 3.8) is 0 Å². The molecule has 0 radical (unpaired) electrons. The van der Waals surface area contributed by atoms with E-state index in [0.29, 0.717) is 24.5 Å². The standard InChI is InChI=1S/C17H16N2O6/c1-23-15(20)8-12-9-19(17(22)25-12)11-2-3-13-10(6-11)7-14-16(21)24-5-4-18(13)14/h2-3,6-7,12H,4-5,8-9H2,1H3/t12-/m0/s1. The van der Waals surface area contributed by atoms with Crippen LogP contribution in [-0.2, 0) is 25.5 Å². The summed E-state index contributed by atoms with van der Waals surface area (Å²) in [6, 6.07) is 7.26. The van der Waals surface area contributed by atoms with Gasteiger partial charge in [-0.15, -0.1) is 0 Å². The Bertz CT molecular complexity index is 887. The summed E-state index contributed by atoms with van der Waals surface area (Å²) < 4.78 is 16.8. The van der Waals surface area contributed by atoms with E-state index in [2.05, 4.69) is 4.74 Å². The number of carbonyl (C=O) groups excluding carboxylic acids is 3. The number of methoxy groups -OCH3 is 1. The van der Waals surface area contributed by atoms with Crippen LogP contribution in [0.15, 0.2) is 24.3 Å². The number of aromatic nitrogens is 1. The molecule has 130 valence electrons. The highest BCUT2D eigenvalue weighted by molar-refractivity contribution is 5.99. The number of ether oxygens (including phenoxy) is 3. The third-order valence-corrected chi connectivity index (χ3v) is 4.45. The fraction of sp³-hybridized carbons (Fsp3) is 0.353. The van der Waals surface area contributed by atoms with E-state index in [1.54, 1.807) is 12.1 Å². The van der Waals surface area contributed by atoms with Gasteiger partial charge < -0.3 is 18.8 Å². The lowest BCUT2D eigenvalue weighted by Crippen LogP contribution is -2.25. The minimum Gasteiger partial charge on any atom is -0.469 e. The summed E-state index contributed by atoms with van der Waals surface area (Å²) in [6.45, 7) is 1.23. The van der Waals surface area contributed by atoms with Crippen molar-refractivity contribution in [1.29, 1.82) is 0 Å². The first kappa shape index (κ1) is 15.5. The lowest BCUT2D eigenvalue weighted by Gasteiger charge is -2.16. The summed E-state index contributed by atoms with van der Waals surface area (Å²) in [7, 11) is 1.30. The van der Waals surface area contributed by atoms with E-state index >= 15 is 0 Å². The monoisotopic (exact) mass is 344 g/mol. The van der Waals surface area contributed by atoms with Crippen LogP contribution in [0, 0.1) is 0 Å². The molecule has 2 aliphatic heterocycles. The van der Waals surface area contributed by atoms with Gasteiger partial charge in [0.1, 0.15) is 18.4 Å². The molecule has 8 nitrogen and oxygen atoms in total. The molecule has 4 rings (SSSR count). The number of esters is 2. The van der Waals surface area contributed by atoms with Crippen molar-refractivity contribution in [2.24, 2.45) is 0 Å². The average molecular weight is 344 g/mol. The van der Waals surface area contributed by atoms with E-state index in [0.717, 1.165) is 10.9 Å². The molecule has 0 spiro atoms. The van der Waals surface area contributed by atoms with Crippen LogP contribution in [0.2, 0.25) is 0 Å². The summed E-state index contributed by atoms with van der Waals surface area (Å²) in [4.78, 5) is 36.8. The van der Waals surface area contributed by atoms with Crippen LogP contribution in [0.3, 0.4) is 0 Å². The van der Waals surface area contributed by atoms with E-state index in [1.807, 2.05) is 16.7 Å². The zero-order chi connectivity index (χ0) is 17.6. The predicted octanol–water partition coefficient (Wildman–Crippen LogP) is 1.70. The SMILES string of the molecule is COC(=O)C[C@H]1CN(c2ccc3c(c2)cc2n3CCOC2=O)C(=O)O1. The molecule has 0 bridgehead atoms. The van der Waals surface area contributed by atoms with Gasteiger partial charge in [0.15, 0.2) is 0 Å². The second-order valence-electron chi connectivity index (χ2n) is 5.96. The molecule has 1 fully saturated rings. The summed E-state index contributed by atoms with van der Waals surface area (Å²) in [5.74, 6) is -0.767. The second kappa shape index (κ2) is 5.80. The number of cyclic esters (lactones) is 2. The lowest BCUT2D eigenvalue weighted by molar-refractivity contribution is -0.142. The average Bonchev–Trinajstić information content (AvgIpc) is 3.15. The van der Waals surface area contributed by atoms with E-state index < -0.39 is 18.2 Å². The summed E-state index contributed by atoms with van der Waals surface area (Å²) in [6.07, 6.45) is -1.02. The molecule has 0 N–H and O–H groups in total. The Morgan fingerprint density at radius 3 is 2.96 bits per heavy atom. The van der Waals surface area contributed by atoms with Crippen LogP contribution in [0.4, 0.5) is 10.5 Å². The Hall–Kier alpha value is -3.03. The lowest BCUT2D eigenvalue weighted by atomic mass is 10.2. The maximum Gasteiger partial charge on any atom is 0.414 e. The number of hydrogen-bond acceptors (Lipinski definition) is 6. The van der Waals surface area contributed by atoms with Crippen molar-refractivity contribution < 1.29 is 28.6 Å². The van der Waals surface area contributed by atoms with Crippen LogP contribution < -0.4 is 4.90 Å². The number of rotatable bonds is 3. The Labute approximate surface area is 142 Å². The molecule has 25 heavy (non-hydrogen) atoms. The molecule has 1 saturated heterocycles. The number of nitrogens with zero attached hydrogens (tertiary/aromatic N) is 2. The molecular formula is C17H16N2O6. The molecule has 0 saturated carbocycles. The van der Waals surface area contributed by atoms with Crippen molar-refractivity contribution in [1.82, 2.24) is 4.57 Å². The molecule has 3 heterocycles. The first-order chi connectivity index (χ1) is 12.1. The van der Waals surface area contributed by atoms with Crippen molar-refractivity contribution >= 4 is 34.6 Å². The van der Waals surface area contributed by atoms with Gasteiger partial charge in [-0.25, -0.2) is 9.59 Å². The summed E-state index contributed by atoms with van der Waals surface area (Å²) in [5.41, 5.74) is 2.07. The molecule has 1 atom stereocenters. The number of carbonyl (C=O) groups is 3. The zero-order valence-corrected chi connectivity index (χ0v) is 13.6. The fourth-order valence-corrected chi connectivity index (χ4v) is 3.25. The number of hydrogen-bond donors (Lipinski definition) is 0. The highest BCUT2D eigenvalue weighted by Gasteiger charge is 2.34. The number of benzene rings is 1. The highest BCUT2D eigenvalue weighted by Crippen LogP contribution is 2.30. The van der Waals surface area contributed by atoms with Crippen LogP contribution >= 0.6 is 0 Å². The van der Waals surface area contributed by atoms with Gasteiger partial charge >= 0.3 is 18.0 Å². The van der Waals surface area contributed by atoms with Gasteiger partial charge in [-0.3, -0.25) is 9.69 Å². The predicted molar refractivity (Wildman–Crippen MR) is 86.5 cm³/mol. The molecule has 0 aliphatic carbocycles. The fourth-order valence-electron chi connectivity index (χ4n) is 3.25. The summed E-state index contributed by atoms with van der Waals surface area (Å²) in [5, 5.41) is 0.843. The van der Waals surface area contributed by atoms with Gasteiger partial charge in [-0.2, -0.15) is 0 Å². The van der Waals surface area contributed by atoms with Gasteiger partial charge in [0.2, 0.25) is 0 Å². The van der Waals surface area contributed by atoms with Crippen molar-refractivity contribution in [2.45, 2.75) is 19.1 Å². The van der Waals surface area contributed by atoms with Crippen LogP contribution in [0.25, 0.3) is 10.9 Å². The smallest absolute Gasteiger partial charge is 0.414 e. The van der Waals surface area contributed by atoms with E-state index in [4.69, 9.17) is 9.47 Å². The van der Waals surface area contributed by atoms with Crippen LogP contribution in [0.5, 0.6) is 0 Å². The minimum atomic E-state index is -0.534. The second-order valence-corrected chi connectivity index (χ2v) is 5.96. The van der Waals surface area contributed by atoms with Gasteiger partial charge in [-0.05, 0) is 24.3 Å². The Morgan fingerprint density at radius 1 is 1.32 bits per heavy atom. The first-order valence-electron chi connectivity index (χ1n) is 7.92. The van der Waals surface area contributed by atoms with Crippen LogP contribution in [-0.4, -0.2) is 49.0 Å². The maximum absolute atomic E-state index is 12.1.